The lowest BCUT2D eigenvalue weighted by Gasteiger charge is -2.25. The largest absolute Gasteiger partial charge is 0.341 e. The van der Waals surface area contributed by atoms with E-state index in [0.717, 1.165) is 18.1 Å². The normalized spacial score (nSPS) is 18.2. The van der Waals surface area contributed by atoms with Crippen LogP contribution >= 0.6 is 24.2 Å². The van der Waals surface area contributed by atoms with Gasteiger partial charge in [-0.25, -0.2) is 0 Å². The molecule has 20 heavy (non-hydrogen) atoms. The third-order valence-corrected chi connectivity index (χ3v) is 4.64. The van der Waals surface area contributed by atoms with E-state index in [2.05, 4.69) is 24.4 Å². The molecule has 1 aliphatic heterocycles. The van der Waals surface area contributed by atoms with Crippen LogP contribution in [0.25, 0.3) is 0 Å². The van der Waals surface area contributed by atoms with Crippen molar-refractivity contribution in [1.82, 2.24) is 10.2 Å². The minimum Gasteiger partial charge on any atom is -0.341 e. The first-order chi connectivity index (χ1) is 9.16. The van der Waals surface area contributed by atoms with E-state index in [-0.39, 0.29) is 18.3 Å². The molecule has 2 rings (SSSR count). The van der Waals surface area contributed by atoms with Gasteiger partial charge in [0, 0.05) is 44.1 Å². The second kappa shape index (κ2) is 8.55. The highest BCUT2D eigenvalue weighted by Gasteiger charge is 2.19. The fourth-order valence-electron chi connectivity index (χ4n) is 2.25. The topological polar surface area (TPSA) is 32.3 Å². The maximum atomic E-state index is 12.2. The molecule has 0 radical (unpaired) electrons. The Bertz CT molecular complexity index is 436. The molecule has 112 valence electrons. The molecule has 1 unspecified atom stereocenters. The van der Waals surface area contributed by atoms with Gasteiger partial charge in [0.2, 0.25) is 5.91 Å². The van der Waals surface area contributed by atoms with Gasteiger partial charge in [0.05, 0.1) is 0 Å². The highest BCUT2D eigenvalue weighted by atomic mass is 35.5. The third-order valence-electron chi connectivity index (χ3n) is 3.51. The maximum absolute atomic E-state index is 12.2. The molecule has 1 N–H and O–H groups in total. The first-order valence-corrected chi connectivity index (χ1v) is 7.92. The van der Waals surface area contributed by atoms with E-state index in [9.17, 15) is 4.79 Å². The summed E-state index contributed by atoms with van der Waals surface area (Å²) in [7, 11) is 1.89. The Morgan fingerprint density at radius 3 is 2.85 bits per heavy atom. The van der Waals surface area contributed by atoms with Crippen molar-refractivity contribution in [2.45, 2.75) is 25.9 Å². The molecule has 1 amide bonds. The Morgan fingerprint density at radius 1 is 1.45 bits per heavy atom. The standard InChI is InChI=1S/C15H22N2OS.ClH/c1-12-5-3-4-6-13(12)10-17(2)15(18)9-14-11-19-8-7-16-14;/h3-6,14,16H,7-11H2,1-2H3;1H. The molecule has 0 saturated carbocycles. The summed E-state index contributed by atoms with van der Waals surface area (Å²) in [5, 5.41) is 3.41. The summed E-state index contributed by atoms with van der Waals surface area (Å²) in [6.07, 6.45) is 0.607. The Balaban J connectivity index is 0.00000200. The van der Waals surface area contributed by atoms with E-state index in [0.29, 0.717) is 19.0 Å². The fourth-order valence-corrected chi connectivity index (χ4v) is 3.20. The molecule has 1 fully saturated rings. The van der Waals surface area contributed by atoms with Gasteiger partial charge in [0.1, 0.15) is 0 Å². The molecule has 0 spiro atoms. The van der Waals surface area contributed by atoms with Crippen molar-refractivity contribution in [3.63, 3.8) is 0 Å². The number of amides is 1. The van der Waals surface area contributed by atoms with Crippen LogP contribution < -0.4 is 5.32 Å². The SMILES string of the molecule is Cc1ccccc1CN(C)C(=O)CC1CSCCN1.Cl. The van der Waals surface area contributed by atoms with Gasteiger partial charge in [-0.05, 0) is 18.1 Å². The van der Waals surface area contributed by atoms with Crippen molar-refractivity contribution in [2.24, 2.45) is 0 Å². The van der Waals surface area contributed by atoms with Crippen molar-refractivity contribution in [1.29, 1.82) is 0 Å². The Kier molecular flexibility index (Phi) is 7.41. The quantitative estimate of drug-likeness (QED) is 0.926. The van der Waals surface area contributed by atoms with Gasteiger partial charge < -0.3 is 10.2 Å². The number of hydrogen-bond donors (Lipinski definition) is 1. The van der Waals surface area contributed by atoms with E-state index in [1.807, 2.05) is 35.8 Å². The lowest BCUT2D eigenvalue weighted by molar-refractivity contribution is -0.130. The molecular weight excluding hydrogens is 292 g/mol. The number of thioether (sulfide) groups is 1. The highest BCUT2D eigenvalue weighted by molar-refractivity contribution is 7.99. The first kappa shape index (κ1) is 17.3. The zero-order valence-corrected chi connectivity index (χ0v) is 13.7. The van der Waals surface area contributed by atoms with E-state index in [1.54, 1.807) is 0 Å². The molecule has 0 aliphatic carbocycles. The van der Waals surface area contributed by atoms with Gasteiger partial charge in [-0.1, -0.05) is 24.3 Å². The van der Waals surface area contributed by atoms with Crippen LogP contribution in [0.15, 0.2) is 24.3 Å². The average molecular weight is 315 g/mol. The van der Waals surface area contributed by atoms with Crippen LogP contribution in [0, 0.1) is 6.92 Å². The first-order valence-electron chi connectivity index (χ1n) is 6.76. The molecule has 1 atom stereocenters. The average Bonchev–Trinajstić information content (AvgIpc) is 2.42. The summed E-state index contributed by atoms with van der Waals surface area (Å²) >= 11 is 1.93. The molecule has 1 aliphatic rings. The van der Waals surface area contributed by atoms with Gasteiger partial charge in [0.25, 0.3) is 0 Å². The molecule has 1 heterocycles. The Labute approximate surface area is 131 Å². The predicted molar refractivity (Wildman–Crippen MR) is 88.6 cm³/mol. The van der Waals surface area contributed by atoms with Crippen LogP contribution in [0.4, 0.5) is 0 Å². The van der Waals surface area contributed by atoms with Crippen LogP contribution in [0.3, 0.4) is 0 Å². The fraction of sp³-hybridized carbons (Fsp3) is 0.533. The summed E-state index contributed by atoms with van der Waals surface area (Å²) in [5.74, 6) is 2.43. The summed E-state index contributed by atoms with van der Waals surface area (Å²) in [5.41, 5.74) is 2.47. The van der Waals surface area contributed by atoms with Crippen molar-refractivity contribution >= 4 is 30.1 Å². The van der Waals surface area contributed by atoms with Crippen LogP contribution in [0.5, 0.6) is 0 Å². The number of nitrogens with zero attached hydrogens (tertiary/aromatic N) is 1. The van der Waals surface area contributed by atoms with Gasteiger partial charge in [-0.15, -0.1) is 12.4 Å². The van der Waals surface area contributed by atoms with E-state index >= 15 is 0 Å². The Hall–Kier alpha value is -0.710. The Morgan fingerprint density at radius 2 is 2.20 bits per heavy atom. The molecule has 1 aromatic rings. The van der Waals surface area contributed by atoms with E-state index in [1.165, 1.54) is 11.1 Å². The van der Waals surface area contributed by atoms with Crippen LogP contribution in [0.2, 0.25) is 0 Å². The number of aryl methyl sites for hydroxylation is 1. The molecule has 5 heteroatoms. The minimum atomic E-state index is 0. The maximum Gasteiger partial charge on any atom is 0.224 e. The van der Waals surface area contributed by atoms with Crippen LogP contribution in [-0.4, -0.2) is 41.9 Å². The van der Waals surface area contributed by atoms with Gasteiger partial charge >= 0.3 is 0 Å². The minimum absolute atomic E-state index is 0. The lowest BCUT2D eigenvalue weighted by atomic mass is 10.1. The second-order valence-corrected chi connectivity index (χ2v) is 6.26. The molecule has 1 saturated heterocycles. The monoisotopic (exact) mass is 314 g/mol. The number of carbonyl (C=O) groups is 1. The second-order valence-electron chi connectivity index (χ2n) is 5.11. The van der Waals surface area contributed by atoms with Crippen LogP contribution in [0.1, 0.15) is 17.5 Å². The van der Waals surface area contributed by atoms with Crippen LogP contribution in [-0.2, 0) is 11.3 Å². The number of halogens is 1. The lowest BCUT2D eigenvalue weighted by Crippen LogP contribution is -2.41. The van der Waals surface area contributed by atoms with Gasteiger partial charge in [-0.2, -0.15) is 11.8 Å². The van der Waals surface area contributed by atoms with Crippen molar-refractivity contribution in [3.8, 4) is 0 Å². The number of hydrogen-bond acceptors (Lipinski definition) is 3. The summed E-state index contributed by atoms with van der Waals surface area (Å²) < 4.78 is 0. The van der Waals surface area contributed by atoms with Crippen molar-refractivity contribution in [2.75, 3.05) is 25.1 Å². The van der Waals surface area contributed by atoms with E-state index in [4.69, 9.17) is 0 Å². The number of rotatable bonds is 4. The van der Waals surface area contributed by atoms with Crippen molar-refractivity contribution in [3.05, 3.63) is 35.4 Å². The number of carbonyl (C=O) groups excluding carboxylic acids is 1. The van der Waals surface area contributed by atoms with Gasteiger partial charge in [-0.3, -0.25) is 4.79 Å². The van der Waals surface area contributed by atoms with Gasteiger partial charge in [0.15, 0.2) is 0 Å². The summed E-state index contributed by atoms with van der Waals surface area (Å²) in [6, 6.07) is 8.58. The number of nitrogens with one attached hydrogen (secondary N) is 1. The molecular formula is C15H23ClN2OS. The third kappa shape index (κ3) is 5.00. The molecule has 0 bridgehead atoms. The van der Waals surface area contributed by atoms with E-state index < -0.39 is 0 Å². The zero-order chi connectivity index (χ0) is 13.7. The zero-order valence-electron chi connectivity index (χ0n) is 12.1. The molecule has 3 nitrogen and oxygen atoms in total. The predicted octanol–water partition coefficient (Wildman–Crippen LogP) is 2.47. The molecule has 1 aromatic carbocycles. The van der Waals surface area contributed by atoms with Crippen molar-refractivity contribution < 1.29 is 4.79 Å². The number of benzene rings is 1. The summed E-state index contributed by atoms with van der Waals surface area (Å²) in [6.45, 7) is 3.81. The smallest absolute Gasteiger partial charge is 0.224 e. The molecule has 0 aromatic heterocycles. The highest BCUT2D eigenvalue weighted by Crippen LogP contribution is 2.13. The summed E-state index contributed by atoms with van der Waals surface area (Å²) in [4.78, 5) is 14.0.